The molecule has 0 unspecified atom stereocenters. The van der Waals surface area contributed by atoms with Crippen LogP contribution in [0.4, 0.5) is 16.5 Å². The third-order valence-electron chi connectivity index (χ3n) is 3.36. The van der Waals surface area contributed by atoms with Crippen LogP contribution in [0.1, 0.15) is 5.56 Å². The summed E-state index contributed by atoms with van der Waals surface area (Å²) >= 11 is 1.57. The number of anilines is 3. The number of thiazole rings is 1. The second kappa shape index (κ2) is 6.07. The van der Waals surface area contributed by atoms with E-state index < -0.39 is 0 Å². The lowest BCUT2D eigenvalue weighted by atomic mass is 10.1. The minimum absolute atomic E-state index is 0.749. The largest absolute Gasteiger partial charge is 0.496 e. The van der Waals surface area contributed by atoms with Gasteiger partial charge in [-0.05, 0) is 55.0 Å². The predicted molar refractivity (Wildman–Crippen MR) is 93.0 cm³/mol. The van der Waals surface area contributed by atoms with E-state index in [0.29, 0.717) is 0 Å². The number of hydrogen-bond acceptors (Lipinski definition) is 5. The van der Waals surface area contributed by atoms with Crippen molar-refractivity contribution in [3.8, 4) is 17.0 Å². The summed E-state index contributed by atoms with van der Waals surface area (Å²) < 4.78 is 5.29. The molecule has 0 aliphatic rings. The number of methoxy groups -OCH3 is 1. The van der Waals surface area contributed by atoms with Crippen molar-refractivity contribution < 1.29 is 4.74 Å². The molecule has 0 saturated carbocycles. The number of benzene rings is 2. The summed E-state index contributed by atoms with van der Waals surface area (Å²) in [5.41, 5.74) is 10.5. The minimum atomic E-state index is 0.749. The highest BCUT2D eigenvalue weighted by molar-refractivity contribution is 7.14. The molecule has 3 rings (SSSR count). The van der Waals surface area contributed by atoms with Crippen molar-refractivity contribution >= 4 is 27.8 Å². The van der Waals surface area contributed by atoms with Crippen LogP contribution in [0.3, 0.4) is 0 Å². The van der Waals surface area contributed by atoms with Gasteiger partial charge in [-0.3, -0.25) is 0 Å². The van der Waals surface area contributed by atoms with E-state index in [9.17, 15) is 0 Å². The zero-order valence-corrected chi connectivity index (χ0v) is 13.3. The van der Waals surface area contributed by atoms with Crippen LogP contribution in [0.2, 0.25) is 0 Å². The summed E-state index contributed by atoms with van der Waals surface area (Å²) in [5, 5.41) is 6.18. The number of nitrogens with two attached hydrogens (primary N) is 1. The monoisotopic (exact) mass is 311 g/mol. The van der Waals surface area contributed by atoms with Gasteiger partial charge in [0.15, 0.2) is 5.13 Å². The van der Waals surface area contributed by atoms with E-state index >= 15 is 0 Å². The van der Waals surface area contributed by atoms with Crippen molar-refractivity contribution in [2.75, 3.05) is 18.2 Å². The number of hydrogen-bond donors (Lipinski definition) is 2. The molecule has 0 saturated heterocycles. The standard InChI is InChI=1S/C17H17N3OS/c1-11-9-12(3-8-16(11)21-2)15-10-22-17(20-15)19-14-6-4-13(18)5-7-14/h3-10H,18H2,1-2H3,(H,19,20). The lowest BCUT2D eigenvalue weighted by Gasteiger charge is -2.06. The fourth-order valence-electron chi connectivity index (χ4n) is 2.19. The molecule has 0 spiro atoms. The summed E-state index contributed by atoms with van der Waals surface area (Å²) in [7, 11) is 1.68. The molecule has 0 amide bonds. The van der Waals surface area contributed by atoms with Gasteiger partial charge < -0.3 is 15.8 Å². The van der Waals surface area contributed by atoms with Crippen LogP contribution in [0.15, 0.2) is 47.8 Å². The van der Waals surface area contributed by atoms with Crippen LogP contribution >= 0.6 is 11.3 Å². The quantitative estimate of drug-likeness (QED) is 0.699. The van der Waals surface area contributed by atoms with Crippen molar-refractivity contribution in [1.82, 2.24) is 4.98 Å². The van der Waals surface area contributed by atoms with Gasteiger partial charge in [-0.2, -0.15) is 0 Å². The van der Waals surface area contributed by atoms with Gasteiger partial charge in [0.25, 0.3) is 0 Å². The molecular weight excluding hydrogens is 294 g/mol. The van der Waals surface area contributed by atoms with Crippen LogP contribution in [0.25, 0.3) is 11.3 Å². The molecule has 0 radical (unpaired) electrons. The molecule has 1 heterocycles. The van der Waals surface area contributed by atoms with E-state index in [-0.39, 0.29) is 0 Å². The van der Waals surface area contributed by atoms with Crippen LogP contribution in [-0.2, 0) is 0 Å². The van der Waals surface area contributed by atoms with E-state index in [1.807, 2.05) is 48.7 Å². The highest BCUT2D eigenvalue weighted by Gasteiger charge is 2.07. The fourth-order valence-corrected chi connectivity index (χ4v) is 2.93. The van der Waals surface area contributed by atoms with Crippen LogP contribution in [0, 0.1) is 6.92 Å². The molecule has 5 heteroatoms. The van der Waals surface area contributed by atoms with E-state index in [0.717, 1.165) is 39.1 Å². The molecule has 0 atom stereocenters. The number of nitrogens with one attached hydrogen (secondary N) is 1. The summed E-state index contributed by atoms with van der Waals surface area (Å²) in [6.07, 6.45) is 0. The lowest BCUT2D eigenvalue weighted by Crippen LogP contribution is -1.91. The first-order valence-electron chi connectivity index (χ1n) is 6.89. The summed E-state index contributed by atoms with van der Waals surface area (Å²) in [5.74, 6) is 0.888. The molecule has 3 aromatic rings. The minimum Gasteiger partial charge on any atom is -0.496 e. The van der Waals surface area contributed by atoms with Gasteiger partial charge in [-0.1, -0.05) is 0 Å². The lowest BCUT2D eigenvalue weighted by molar-refractivity contribution is 0.412. The molecule has 112 valence electrons. The second-order valence-electron chi connectivity index (χ2n) is 4.97. The van der Waals surface area contributed by atoms with Gasteiger partial charge in [-0.15, -0.1) is 11.3 Å². The van der Waals surface area contributed by atoms with Crippen LogP contribution in [0.5, 0.6) is 5.75 Å². The molecule has 4 nitrogen and oxygen atoms in total. The van der Waals surface area contributed by atoms with Crippen molar-refractivity contribution in [2.45, 2.75) is 6.92 Å². The maximum Gasteiger partial charge on any atom is 0.187 e. The average molecular weight is 311 g/mol. The van der Waals surface area contributed by atoms with Gasteiger partial charge in [0.2, 0.25) is 0 Å². The van der Waals surface area contributed by atoms with Crippen LogP contribution in [-0.4, -0.2) is 12.1 Å². The third-order valence-corrected chi connectivity index (χ3v) is 4.11. The molecule has 1 aromatic heterocycles. The van der Waals surface area contributed by atoms with Gasteiger partial charge in [0, 0.05) is 22.3 Å². The topological polar surface area (TPSA) is 60.2 Å². The fraction of sp³-hybridized carbons (Fsp3) is 0.118. The maximum atomic E-state index is 5.69. The molecule has 0 fully saturated rings. The SMILES string of the molecule is COc1ccc(-c2csc(Nc3ccc(N)cc3)n2)cc1C. The first-order chi connectivity index (χ1) is 10.7. The van der Waals surface area contributed by atoms with Gasteiger partial charge in [-0.25, -0.2) is 4.98 Å². The Morgan fingerprint density at radius 3 is 2.59 bits per heavy atom. The Bertz CT molecular complexity index is 781. The van der Waals surface area contributed by atoms with E-state index in [4.69, 9.17) is 10.5 Å². The molecule has 0 bridgehead atoms. The van der Waals surface area contributed by atoms with Crippen LogP contribution < -0.4 is 15.8 Å². The highest BCUT2D eigenvalue weighted by Crippen LogP contribution is 2.30. The van der Waals surface area contributed by atoms with E-state index in [1.165, 1.54) is 0 Å². The van der Waals surface area contributed by atoms with Crippen molar-refractivity contribution in [1.29, 1.82) is 0 Å². The van der Waals surface area contributed by atoms with Crippen molar-refractivity contribution in [2.24, 2.45) is 0 Å². The predicted octanol–water partition coefficient (Wildman–Crippen LogP) is 4.45. The smallest absolute Gasteiger partial charge is 0.187 e. The highest BCUT2D eigenvalue weighted by atomic mass is 32.1. The molecule has 0 aliphatic heterocycles. The molecule has 2 aromatic carbocycles. The molecule has 3 N–H and O–H groups in total. The Labute approximate surface area is 133 Å². The number of nitrogen functional groups attached to an aromatic ring is 1. The summed E-state index contributed by atoms with van der Waals surface area (Å²) in [6.45, 7) is 2.03. The normalized spacial score (nSPS) is 10.5. The van der Waals surface area contributed by atoms with Crippen molar-refractivity contribution in [3.63, 3.8) is 0 Å². The van der Waals surface area contributed by atoms with Gasteiger partial charge in [0.05, 0.1) is 12.8 Å². The Balaban J connectivity index is 1.81. The van der Waals surface area contributed by atoms with Gasteiger partial charge in [0.1, 0.15) is 5.75 Å². The average Bonchev–Trinajstić information content (AvgIpc) is 2.98. The first kappa shape index (κ1) is 14.4. The Morgan fingerprint density at radius 1 is 1.14 bits per heavy atom. The number of aryl methyl sites for hydroxylation is 1. The molecular formula is C17H17N3OS. The third kappa shape index (κ3) is 3.04. The van der Waals surface area contributed by atoms with E-state index in [1.54, 1.807) is 18.4 Å². The zero-order valence-electron chi connectivity index (χ0n) is 12.5. The number of aromatic nitrogens is 1. The number of rotatable bonds is 4. The molecule has 22 heavy (non-hydrogen) atoms. The molecule has 0 aliphatic carbocycles. The maximum absolute atomic E-state index is 5.69. The Kier molecular flexibility index (Phi) is 3.98. The summed E-state index contributed by atoms with van der Waals surface area (Å²) in [6, 6.07) is 13.7. The van der Waals surface area contributed by atoms with Crippen molar-refractivity contribution in [3.05, 3.63) is 53.4 Å². The summed E-state index contributed by atoms with van der Waals surface area (Å²) in [4.78, 5) is 4.63. The van der Waals surface area contributed by atoms with Gasteiger partial charge >= 0.3 is 0 Å². The Hall–Kier alpha value is -2.53. The number of ether oxygens (including phenoxy) is 1. The second-order valence-corrected chi connectivity index (χ2v) is 5.83. The van der Waals surface area contributed by atoms with E-state index in [2.05, 4.69) is 16.4 Å². The number of nitrogens with zero attached hydrogens (tertiary/aromatic N) is 1. The zero-order chi connectivity index (χ0) is 15.5. The Morgan fingerprint density at radius 2 is 1.91 bits per heavy atom. The first-order valence-corrected chi connectivity index (χ1v) is 7.77.